The van der Waals surface area contributed by atoms with Crippen molar-refractivity contribution in [2.75, 3.05) is 26.3 Å². The molecule has 0 radical (unpaired) electrons. The molecule has 1 aromatic rings. The molecule has 0 bridgehead atoms. The number of carbonyl (C=O) groups is 2. The second kappa shape index (κ2) is 9.90. The lowest BCUT2D eigenvalue weighted by Gasteiger charge is -2.51. The van der Waals surface area contributed by atoms with Gasteiger partial charge in [-0.3, -0.25) is 0 Å². The maximum Gasteiger partial charge on any atom is 0.407 e. The third-order valence-electron chi connectivity index (χ3n) is 7.19. The van der Waals surface area contributed by atoms with Crippen molar-refractivity contribution in [2.24, 2.45) is 0 Å². The van der Waals surface area contributed by atoms with Crippen molar-refractivity contribution in [3.63, 3.8) is 0 Å². The minimum absolute atomic E-state index is 0.0799. The molecule has 3 amide bonds. The zero-order chi connectivity index (χ0) is 21.7. The minimum Gasteiger partial charge on any atom is -0.449 e. The summed E-state index contributed by atoms with van der Waals surface area (Å²) in [6.07, 6.45) is 6.49. The quantitative estimate of drug-likeness (QED) is 0.746. The van der Waals surface area contributed by atoms with Crippen LogP contribution in [-0.4, -0.2) is 61.0 Å². The Labute approximate surface area is 184 Å². The average Bonchev–Trinajstić information content (AvgIpc) is 2.79. The normalized spacial score (nSPS) is 31.1. The molecule has 0 aromatic heterocycles. The molecule has 1 spiro atoms. The summed E-state index contributed by atoms with van der Waals surface area (Å²) >= 11 is 0. The number of hydrogen-bond acceptors (Lipinski definition) is 4. The SMILES string of the molecule is CCNC(=O)N1CCC[C@]2(CCOC(=O)N2)[C@@H]1COC1CCC(c2ccccc2)CC1. The van der Waals surface area contributed by atoms with Crippen molar-refractivity contribution in [1.29, 1.82) is 0 Å². The van der Waals surface area contributed by atoms with Crippen molar-refractivity contribution in [3.05, 3.63) is 35.9 Å². The van der Waals surface area contributed by atoms with Gasteiger partial charge in [0, 0.05) is 19.5 Å². The standard InChI is InChI=1S/C24H35N3O4/c1-2-25-22(28)27-15-6-13-24(14-16-30-23(29)26-24)21(27)17-31-20-11-9-19(10-12-20)18-7-4-3-5-8-18/h3-5,7-8,19-21H,2,6,9-17H2,1H3,(H,25,28)(H,26,29)/t19?,20?,21-,24-/m0/s1. The number of benzene rings is 1. The van der Waals surface area contributed by atoms with Gasteiger partial charge < -0.3 is 25.0 Å². The highest BCUT2D eigenvalue weighted by Gasteiger charge is 2.49. The fourth-order valence-corrected chi connectivity index (χ4v) is 5.51. The fraction of sp³-hybridized carbons (Fsp3) is 0.667. The molecule has 2 N–H and O–H groups in total. The lowest BCUT2D eigenvalue weighted by atomic mass is 9.78. The predicted molar refractivity (Wildman–Crippen MR) is 118 cm³/mol. The van der Waals surface area contributed by atoms with E-state index in [-0.39, 0.29) is 18.2 Å². The number of cyclic esters (lactones) is 1. The van der Waals surface area contributed by atoms with Crippen LogP contribution in [0, 0.1) is 0 Å². The summed E-state index contributed by atoms with van der Waals surface area (Å²) in [7, 11) is 0. The summed E-state index contributed by atoms with van der Waals surface area (Å²) in [4.78, 5) is 26.7. The highest BCUT2D eigenvalue weighted by molar-refractivity contribution is 5.75. The highest BCUT2D eigenvalue weighted by atomic mass is 16.6. The Hall–Kier alpha value is -2.28. The number of likely N-dealkylation sites (tertiary alicyclic amines) is 1. The number of ether oxygens (including phenoxy) is 2. The molecule has 1 aliphatic carbocycles. The molecule has 0 unspecified atom stereocenters. The van der Waals surface area contributed by atoms with Crippen LogP contribution in [-0.2, 0) is 9.47 Å². The Morgan fingerprint density at radius 1 is 1.23 bits per heavy atom. The fourth-order valence-electron chi connectivity index (χ4n) is 5.51. The summed E-state index contributed by atoms with van der Waals surface area (Å²) < 4.78 is 11.5. The van der Waals surface area contributed by atoms with Crippen LogP contribution in [0.5, 0.6) is 0 Å². The second-order valence-corrected chi connectivity index (χ2v) is 9.03. The average molecular weight is 430 g/mol. The Balaban J connectivity index is 1.40. The zero-order valence-electron chi connectivity index (χ0n) is 18.5. The van der Waals surface area contributed by atoms with E-state index in [1.807, 2.05) is 11.8 Å². The molecule has 3 aliphatic rings. The molecule has 2 aliphatic heterocycles. The van der Waals surface area contributed by atoms with Gasteiger partial charge in [0.2, 0.25) is 0 Å². The molecular weight excluding hydrogens is 394 g/mol. The first kappa shape index (κ1) is 21.9. The maximum atomic E-state index is 12.8. The van der Waals surface area contributed by atoms with Crippen LogP contribution in [0.25, 0.3) is 0 Å². The number of rotatable bonds is 5. The Morgan fingerprint density at radius 3 is 2.71 bits per heavy atom. The van der Waals surface area contributed by atoms with Gasteiger partial charge in [-0.25, -0.2) is 9.59 Å². The van der Waals surface area contributed by atoms with E-state index in [0.717, 1.165) is 38.5 Å². The van der Waals surface area contributed by atoms with E-state index in [1.165, 1.54) is 5.56 Å². The molecule has 7 heteroatoms. The van der Waals surface area contributed by atoms with E-state index in [2.05, 4.69) is 41.0 Å². The smallest absolute Gasteiger partial charge is 0.407 e. The van der Waals surface area contributed by atoms with E-state index in [9.17, 15) is 9.59 Å². The summed E-state index contributed by atoms with van der Waals surface area (Å²) in [6.45, 7) is 4.00. The van der Waals surface area contributed by atoms with Crippen molar-refractivity contribution in [3.8, 4) is 0 Å². The number of amides is 3. The first-order valence-electron chi connectivity index (χ1n) is 11.8. The second-order valence-electron chi connectivity index (χ2n) is 9.03. The first-order valence-corrected chi connectivity index (χ1v) is 11.8. The number of hydrogen-bond donors (Lipinski definition) is 2. The van der Waals surface area contributed by atoms with Gasteiger partial charge in [0.25, 0.3) is 0 Å². The number of piperidine rings is 1. The van der Waals surface area contributed by atoms with Gasteiger partial charge in [-0.15, -0.1) is 0 Å². The number of nitrogens with one attached hydrogen (secondary N) is 2. The third-order valence-corrected chi connectivity index (χ3v) is 7.19. The van der Waals surface area contributed by atoms with Crippen LogP contribution in [0.15, 0.2) is 30.3 Å². The van der Waals surface area contributed by atoms with E-state index in [1.54, 1.807) is 0 Å². The van der Waals surface area contributed by atoms with Gasteiger partial charge in [-0.2, -0.15) is 0 Å². The maximum absolute atomic E-state index is 12.8. The number of alkyl carbamates (subject to hydrolysis) is 1. The van der Waals surface area contributed by atoms with Crippen LogP contribution in [0.2, 0.25) is 0 Å². The van der Waals surface area contributed by atoms with Crippen molar-refractivity contribution >= 4 is 12.1 Å². The summed E-state index contributed by atoms with van der Waals surface area (Å²) in [5, 5.41) is 5.99. The van der Waals surface area contributed by atoms with E-state index >= 15 is 0 Å². The van der Waals surface area contributed by atoms with Gasteiger partial charge in [0.1, 0.15) is 0 Å². The van der Waals surface area contributed by atoms with E-state index in [0.29, 0.717) is 38.6 Å². The van der Waals surface area contributed by atoms with Gasteiger partial charge >= 0.3 is 12.1 Å². The lowest BCUT2D eigenvalue weighted by molar-refractivity contribution is -0.0525. The molecule has 4 rings (SSSR count). The molecule has 2 saturated heterocycles. The molecular formula is C24H35N3O4. The zero-order valence-corrected chi connectivity index (χ0v) is 18.5. The largest absolute Gasteiger partial charge is 0.449 e. The van der Waals surface area contributed by atoms with Crippen LogP contribution in [0.3, 0.4) is 0 Å². The first-order chi connectivity index (χ1) is 15.1. The molecule has 2 atom stereocenters. The number of urea groups is 1. The Bertz CT molecular complexity index is 746. The van der Waals surface area contributed by atoms with E-state index in [4.69, 9.17) is 9.47 Å². The molecule has 1 aromatic carbocycles. The topological polar surface area (TPSA) is 79.9 Å². The molecule has 170 valence electrons. The molecule has 3 fully saturated rings. The monoisotopic (exact) mass is 429 g/mol. The summed E-state index contributed by atoms with van der Waals surface area (Å²) in [6, 6.07) is 10.5. The Kier molecular flexibility index (Phi) is 7.00. The van der Waals surface area contributed by atoms with Crippen molar-refractivity contribution < 1.29 is 19.1 Å². The van der Waals surface area contributed by atoms with Crippen LogP contribution in [0.1, 0.15) is 63.4 Å². The third kappa shape index (κ3) is 4.97. The van der Waals surface area contributed by atoms with Crippen molar-refractivity contribution in [2.45, 2.75) is 75.5 Å². The lowest BCUT2D eigenvalue weighted by Crippen LogP contribution is -2.70. The minimum atomic E-state index is -0.472. The molecule has 2 heterocycles. The number of carbonyl (C=O) groups excluding carboxylic acids is 2. The van der Waals surface area contributed by atoms with Crippen LogP contribution >= 0.6 is 0 Å². The predicted octanol–water partition coefficient (Wildman–Crippen LogP) is 3.79. The van der Waals surface area contributed by atoms with Crippen LogP contribution < -0.4 is 10.6 Å². The molecule has 1 saturated carbocycles. The van der Waals surface area contributed by atoms with Crippen LogP contribution in [0.4, 0.5) is 9.59 Å². The summed E-state index contributed by atoms with van der Waals surface area (Å²) in [5.74, 6) is 0.601. The number of nitrogens with zero attached hydrogens (tertiary/aromatic N) is 1. The van der Waals surface area contributed by atoms with Gasteiger partial charge in [-0.05, 0) is 56.9 Å². The van der Waals surface area contributed by atoms with Crippen molar-refractivity contribution in [1.82, 2.24) is 15.5 Å². The van der Waals surface area contributed by atoms with Gasteiger partial charge in [0.15, 0.2) is 0 Å². The van der Waals surface area contributed by atoms with Gasteiger partial charge in [-0.1, -0.05) is 30.3 Å². The van der Waals surface area contributed by atoms with E-state index < -0.39 is 11.6 Å². The molecule has 31 heavy (non-hydrogen) atoms. The highest BCUT2D eigenvalue weighted by Crippen LogP contribution is 2.36. The molecule has 7 nitrogen and oxygen atoms in total. The summed E-state index contributed by atoms with van der Waals surface area (Å²) in [5.41, 5.74) is 0.944. The van der Waals surface area contributed by atoms with Gasteiger partial charge in [0.05, 0.1) is 30.9 Å². The Morgan fingerprint density at radius 2 is 2.00 bits per heavy atom.